The first-order chi connectivity index (χ1) is 11.9. The second-order valence-electron chi connectivity index (χ2n) is 8.33. The highest BCUT2D eigenvalue weighted by Crippen LogP contribution is 2.35. The van der Waals surface area contributed by atoms with Crippen LogP contribution < -0.4 is 5.32 Å². The number of ether oxygens (including phenoxy) is 1. The van der Waals surface area contributed by atoms with E-state index in [1.165, 1.54) is 12.3 Å². The predicted molar refractivity (Wildman–Crippen MR) is 99.5 cm³/mol. The van der Waals surface area contributed by atoms with Crippen LogP contribution in [0.4, 0.5) is 16.2 Å². The summed E-state index contributed by atoms with van der Waals surface area (Å²) in [5.74, 6) is 0. The van der Waals surface area contributed by atoms with Crippen molar-refractivity contribution in [3.63, 3.8) is 0 Å². The molecule has 1 aliphatic heterocycles. The Labute approximate surface area is 158 Å². The molecule has 0 saturated carbocycles. The Hall–Kier alpha value is -2.09. The van der Waals surface area contributed by atoms with Gasteiger partial charge in [-0.1, -0.05) is 25.4 Å². The zero-order valence-corrected chi connectivity index (χ0v) is 16.5. The summed E-state index contributed by atoms with van der Waals surface area (Å²) in [5.41, 5.74) is -0.722. The molecule has 0 spiro atoms. The lowest BCUT2D eigenvalue weighted by Gasteiger charge is -2.43. The highest BCUT2D eigenvalue weighted by molar-refractivity contribution is 6.32. The molecule has 1 atom stereocenters. The maximum atomic E-state index is 12.5. The van der Waals surface area contributed by atoms with Crippen molar-refractivity contribution in [3.8, 4) is 0 Å². The van der Waals surface area contributed by atoms with Crippen molar-refractivity contribution >= 4 is 29.1 Å². The average Bonchev–Trinajstić information content (AvgIpc) is 2.43. The minimum absolute atomic E-state index is 0.168. The van der Waals surface area contributed by atoms with E-state index in [-0.39, 0.29) is 28.4 Å². The van der Waals surface area contributed by atoms with Gasteiger partial charge < -0.3 is 15.0 Å². The molecule has 0 bridgehead atoms. The number of likely N-dealkylation sites (tertiary alicyclic amines) is 1. The molecule has 0 aromatic carbocycles. The van der Waals surface area contributed by atoms with Gasteiger partial charge in [0.1, 0.15) is 11.3 Å². The van der Waals surface area contributed by atoms with Gasteiger partial charge in [-0.2, -0.15) is 0 Å². The van der Waals surface area contributed by atoms with Crippen LogP contribution in [0.15, 0.2) is 12.3 Å². The first-order valence-electron chi connectivity index (χ1n) is 8.41. The molecule has 1 aromatic rings. The van der Waals surface area contributed by atoms with E-state index in [1.807, 2.05) is 34.6 Å². The fourth-order valence-electron chi connectivity index (χ4n) is 3.14. The molecule has 9 heteroatoms. The number of anilines is 1. The normalized spacial score (nSPS) is 19.8. The van der Waals surface area contributed by atoms with E-state index in [2.05, 4.69) is 10.3 Å². The quantitative estimate of drug-likeness (QED) is 0.478. The Morgan fingerprint density at radius 2 is 2.15 bits per heavy atom. The van der Waals surface area contributed by atoms with Gasteiger partial charge in [0.15, 0.2) is 0 Å². The number of piperidine rings is 1. The van der Waals surface area contributed by atoms with Crippen LogP contribution in [0.3, 0.4) is 0 Å². The van der Waals surface area contributed by atoms with Gasteiger partial charge in [-0.3, -0.25) is 10.1 Å². The smallest absolute Gasteiger partial charge is 0.410 e. The van der Waals surface area contributed by atoms with E-state index in [0.29, 0.717) is 18.8 Å². The third-order valence-electron chi connectivity index (χ3n) is 3.93. The molecule has 1 aromatic heterocycles. The minimum atomic E-state index is -0.584. The topological polar surface area (TPSA) is 97.6 Å². The largest absolute Gasteiger partial charge is 0.444 e. The number of nitro groups is 1. The monoisotopic (exact) mass is 384 g/mol. The number of hydrogen-bond donors (Lipinski definition) is 1. The SMILES string of the molecule is CC1(C)C[C@@H](Nc2ccnc(Cl)c2[N+](=O)[O-])CN(C(=O)OC(C)(C)C)C1. The number of hydrogen-bond acceptors (Lipinski definition) is 6. The summed E-state index contributed by atoms with van der Waals surface area (Å²) in [6.07, 6.45) is 1.76. The van der Waals surface area contributed by atoms with Crippen LogP contribution in [0.2, 0.25) is 5.15 Å². The molecular weight excluding hydrogens is 360 g/mol. The molecular formula is C17H25ClN4O4. The van der Waals surface area contributed by atoms with Crippen LogP contribution >= 0.6 is 11.6 Å². The Morgan fingerprint density at radius 1 is 1.50 bits per heavy atom. The molecule has 0 unspecified atom stereocenters. The van der Waals surface area contributed by atoms with Crippen LogP contribution in [-0.2, 0) is 4.74 Å². The maximum absolute atomic E-state index is 12.5. The number of halogens is 1. The molecule has 1 fully saturated rings. The second-order valence-corrected chi connectivity index (χ2v) is 8.68. The molecule has 1 amide bonds. The third kappa shape index (κ3) is 5.20. The van der Waals surface area contributed by atoms with E-state index < -0.39 is 10.5 Å². The molecule has 8 nitrogen and oxygen atoms in total. The molecule has 26 heavy (non-hydrogen) atoms. The highest BCUT2D eigenvalue weighted by Gasteiger charge is 2.37. The van der Waals surface area contributed by atoms with Gasteiger partial charge in [0.05, 0.1) is 4.92 Å². The molecule has 1 saturated heterocycles. The van der Waals surface area contributed by atoms with Crippen molar-refractivity contribution in [1.82, 2.24) is 9.88 Å². The van der Waals surface area contributed by atoms with Crippen molar-refractivity contribution < 1.29 is 14.5 Å². The molecule has 2 heterocycles. The zero-order valence-electron chi connectivity index (χ0n) is 15.7. The Kier molecular flexibility index (Phi) is 5.65. The summed E-state index contributed by atoms with van der Waals surface area (Å²) in [4.78, 5) is 28.6. The molecule has 0 aliphatic carbocycles. The van der Waals surface area contributed by atoms with Gasteiger partial charge in [-0.25, -0.2) is 9.78 Å². The van der Waals surface area contributed by atoms with E-state index in [0.717, 1.165) is 6.42 Å². The summed E-state index contributed by atoms with van der Waals surface area (Å²) in [7, 11) is 0. The van der Waals surface area contributed by atoms with Crippen molar-refractivity contribution in [2.45, 2.75) is 52.7 Å². The Bertz CT molecular complexity index is 702. The zero-order chi connectivity index (χ0) is 19.7. The number of rotatable bonds is 3. The molecule has 1 N–H and O–H groups in total. The Balaban J connectivity index is 2.21. The highest BCUT2D eigenvalue weighted by atomic mass is 35.5. The summed E-state index contributed by atoms with van der Waals surface area (Å²) < 4.78 is 5.47. The lowest BCUT2D eigenvalue weighted by atomic mass is 9.81. The number of pyridine rings is 1. The van der Waals surface area contributed by atoms with Crippen LogP contribution in [0.5, 0.6) is 0 Å². The standard InChI is InChI=1S/C17H25ClN4O4/c1-16(2,3)26-15(23)21-9-11(8-17(4,5)10-21)20-12-6-7-19-14(18)13(12)22(24)25/h6-7,11H,8-10H2,1-5H3,(H,19,20)/t11-/m1/s1. The average molecular weight is 385 g/mol. The summed E-state index contributed by atoms with van der Waals surface area (Å²) in [6.45, 7) is 10.5. The predicted octanol–water partition coefficient (Wildman–Crippen LogP) is 4.09. The first kappa shape index (κ1) is 20.2. The lowest BCUT2D eigenvalue weighted by Crippen LogP contribution is -2.53. The van der Waals surface area contributed by atoms with Gasteiger partial charge in [0, 0.05) is 25.3 Å². The van der Waals surface area contributed by atoms with Crippen molar-refractivity contribution in [3.05, 3.63) is 27.5 Å². The molecule has 0 radical (unpaired) electrons. The van der Waals surface area contributed by atoms with Crippen molar-refractivity contribution in [2.75, 3.05) is 18.4 Å². The number of carbonyl (C=O) groups excluding carboxylic acids is 1. The van der Waals surface area contributed by atoms with Crippen LogP contribution in [-0.4, -0.2) is 45.6 Å². The number of nitrogens with zero attached hydrogens (tertiary/aromatic N) is 3. The summed E-state index contributed by atoms with van der Waals surface area (Å²) >= 11 is 5.87. The number of amides is 1. The van der Waals surface area contributed by atoms with Crippen LogP contribution in [0.1, 0.15) is 41.0 Å². The van der Waals surface area contributed by atoms with E-state index in [1.54, 1.807) is 4.90 Å². The van der Waals surface area contributed by atoms with Gasteiger partial charge in [0.2, 0.25) is 5.15 Å². The molecule has 144 valence electrons. The summed E-state index contributed by atoms with van der Waals surface area (Å²) in [5, 5.41) is 14.3. The fraction of sp³-hybridized carbons (Fsp3) is 0.647. The summed E-state index contributed by atoms with van der Waals surface area (Å²) in [6, 6.07) is 1.34. The molecule has 2 rings (SSSR count). The first-order valence-corrected chi connectivity index (χ1v) is 8.79. The van der Waals surface area contributed by atoms with Gasteiger partial charge in [-0.15, -0.1) is 0 Å². The van der Waals surface area contributed by atoms with Crippen molar-refractivity contribution in [1.29, 1.82) is 0 Å². The van der Waals surface area contributed by atoms with Crippen LogP contribution in [0.25, 0.3) is 0 Å². The van der Waals surface area contributed by atoms with Gasteiger partial charge in [0.25, 0.3) is 0 Å². The number of carbonyl (C=O) groups is 1. The van der Waals surface area contributed by atoms with Crippen molar-refractivity contribution in [2.24, 2.45) is 5.41 Å². The number of nitrogens with one attached hydrogen (secondary N) is 1. The maximum Gasteiger partial charge on any atom is 0.410 e. The van der Waals surface area contributed by atoms with Gasteiger partial charge in [-0.05, 0) is 38.7 Å². The Morgan fingerprint density at radius 3 is 2.73 bits per heavy atom. The van der Waals surface area contributed by atoms with E-state index >= 15 is 0 Å². The molecule has 1 aliphatic rings. The van der Waals surface area contributed by atoms with E-state index in [4.69, 9.17) is 16.3 Å². The second kappa shape index (κ2) is 7.26. The third-order valence-corrected chi connectivity index (χ3v) is 4.21. The van der Waals surface area contributed by atoms with Gasteiger partial charge >= 0.3 is 11.8 Å². The minimum Gasteiger partial charge on any atom is -0.444 e. The van der Waals surface area contributed by atoms with Crippen LogP contribution in [0, 0.1) is 15.5 Å². The number of aromatic nitrogens is 1. The lowest BCUT2D eigenvalue weighted by molar-refractivity contribution is -0.384. The van der Waals surface area contributed by atoms with E-state index in [9.17, 15) is 14.9 Å². The fourth-order valence-corrected chi connectivity index (χ4v) is 3.37.